The van der Waals surface area contributed by atoms with Crippen molar-refractivity contribution in [2.45, 2.75) is 39.8 Å². The number of methoxy groups -OCH3 is 1. The normalized spacial score (nSPS) is 11.8. The number of aryl methyl sites for hydroxylation is 2. The number of aromatic nitrogens is 3. The number of benzene rings is 2. The molecule has 2 aromatic carbocycles. The van der Waals surface area contributed by atoms with E-state index in [9.17, 15) is 4.79 Å². The fourth-order valence-corrected chi connectivity index (χ4v) is 3.67. The summed E-state index contributed by atoms with van der Waals surface area (Å²) < 4.78 is 16.6. The number of hydrogen-bond acceptors (Lipinski definition) is 6. The van der Waals surface area contributed by atoms with Gasteiger partial charge in [-0.1, -0.05) is 42.4 Å². The van der Waals surface area contributed by atoms with Crippen LogP contribution in [0, 0.1) is 13.8 Å². The van der Waals surface area contributed by atoms with Gasteiger partial charge in [-0.2, -0.15) is 0 Å². The van der Waals surface area contributed by atoms with Gasteiger partial charge in [0.05, 0.1) is 36.3 Å². The van der Waals surface area contributed by atoms with E-state index in [1.165, 1.54) is 0 Å². The van der Waals surface area contributed by atoms with Crippen molar-refractivity contribution in [3.05, 3.63) is 83.1 Å². The molecule has 0 aliphatic rings. The molecule has 1 atom stereocenters. The van der Waals surface area contributed by atoms with Crippen LogP contribution in [0.3, 0.4) is 0 Å². The Hall–Kier alpha value is -4.07. The molecule has 34 heavy (non-hydrogen) atoms. The first kappa shape index (κ1) is 23.1. The van der Waals surface area contributed by atoms with Crippen LogP contribution in [0.25, 0.3) is 11.3 Å². The summed E-state index contributed by atoms with van der Waals surface area (Å²) in [5.74, 6) is 2.20. The maximum atomic E-state index is 13.0. The lowest BCUT2D eigenvalue weighted by Crippen LogP contribution is -2.29. The smallest absolute Gasteiger partial charge is 0.252 e. The highest BCUT2D eigenvalue weighted by Gasteiger charge is 2.19. The third-order valence-corrected chi connectivity index (χ3v) is 5.70. The van der Waals surface area contributed by atoms with Gasteiger partial charge in [0.15, 0.2) is 11.5 Å². The molecule has 176 valence electrons. The molecule has 0 bridgehead atoms. The molecule has 8 heteroatoms. The molecular formula is C26H28N4O4. The van der Waals surface area contributed by atoms with Gasteiger partial charge in [0.25, 0.3) is 5.91 Å². The minimum Gasteiger partial charge on any atom is -0.493 e. The van der Waals surface area contributed by atoms with Gasteiger partial charge in [-0.05, 0) is 44.0 Å². The molecular weight excluding hydrogens is 432 g/mol. The second kappa shape index (κ2) is 10.2. The molecule has 4 aromatic rings. The second-order valence-corrected chi connectivity index (χ2v) is 7.94. The van der Waals surface area contributed by atoms with Crippen molar-refractivity contribution in [1.29, 1.82) is 0 Å². The SMILES string of the molecule is CC[C@H](NC(=O)c1ccc(OCc2c(C)noc2C)c(OC)c1)c1ncc(-c2ccccc2)[nH]1. The van der Waals surface area contributed by atoms with Crippen molar-refractivity contribution in [1.82, 2.24) is 20.4 Å². The third kappa shape index (κ3) is 4.96. The molecule has 4 rings (SSSR count). The summed E-state index contributed by atoms with van der Waals surface area (Å²) >= 11 is 0. The summed E-state index contributed by atoms with van der Waals surface area (Å²) in [7, 11) is 1.54. The van der Waals surface area contributed by atoms with Gasteiger partial charge >= 0.3 is 0 Å². The maximum Gasteiger partial charge on any atom is 0.252 e. The van der Waals surface area contributed by atoms with E-state index < -0.39 is 0 Å². The predicted molar refractivity (Wildman–Crippen MR) is 128 cm³/mol. The quantitative estimate of drug-likeness (QED) is 0.358. The Kier molecular flexibility index (Phi) is 6.96. The van der Waals surface area contributed by atoms with E-state index >= 15 is 0 Å². The standard InChI is InChI=1S/C26H28N4O4/c1-5-21(25-27-14-22(28-25)18-9-7-6-8-10-18)29-26(31)19-11-12-23(24(13-19)32-4)33-15-20-16(2)30-34-17(20)3/h6-14,21H,5,15H2,1-4H3,(H,27,28)(H,29,31)/t21-/m0/s1. The predicted octanol–water partition coefficient (Wildman–Crippen LogP) is 5.15. The first-order valence-corrected chi connectivity index (χ1v) is 11.1. The van der Waals surface area contributed by atoms with Crippen LogP contribution in [0.5, 0.6) is 11.5 Å². The van der Waals surface area contributed by atoms with E-state index in [0.29, 0.717) is 41.7 Å². The van der Waals surface area contributed by atoms with Crippen LogP contribution in [0.15, 0.2) is 59.3 Å². The van der Waals surface area contributed by atoms with Crippen molar-refractivity contribution in [3.8, 4) is 22.8 Å². The summed E-state index contributed by atoms with van der Waals surface area (Å²) in [6.07, 6.45) is 2.47. The Labute approximate surface area is 198 Å². The lowest BCUT2D eigenvalue weighted by atomic mass is 10.1. The van der Waals surface area contributed by atoms with Crippen molar-refractivity contribution < 1.29 is 18.8 Å². The van der Waals surface area contributed by atoms with Gasteiger partial charge in [-0.3, -0.25) is 4.79 Å². The Bertz CT molecular complexity index is 1240. The molecule has 0 unspecified atom stereocenters. The first-order chi connectivity index (χ1) is 16.5. The molecule has 2 N–H and O–H groups in total. The highest BCUT2D eigenvalue weighted by Crippen LogP contribution is 2.30. The average molecular weight is 461 g/mol. The lowest BCUT2D eigenvalue weighted by molar-refractivity contribution is 0.0933. The molecule has 0 aliphatic heterocycles. The van der Waals surface area contributed by atoms with Gasteiger partial charge in [0, 0.05) is 5.56 Å². The average Bonchev–Trinajstić information content (AvgIpc) is 3.48. The molecule has 1 amide bonds. The number of aromatic amines is 1. The fourth-order valence-electron chi connectivity index (χ4n) is 3.67. The Morgan fingerprint density at radius 2 is 1.94 bits per heavy atom. The van der Waals surface area contributed by atoms with Crippen molar-refractivity contribution in [2.24, 2.45) is 0 Å². The summed E-state index contributed by atoms with van der Waals surface area (Å²) in [5.41, 5.74) is 4.09. The van der Waals surface area contributed by atoms with Crippen LogP contribution < -0.4 is 14.8 Å². The van der Waals surface area contributed by atoms with Gasteiger partial charge < -0.3 is 24.3 Å². The number of H-pyrrole nitrogens is 1. The largest absolute Gasteiger partial charge is 0.493 e. The zero-order valence-electron chi connectivity index (χ0n) is 19.7. The fraction of sp³-hybridized carbons (Fsp3) is 0.269. The molecule has 8 nitrogen and oxygen atoms in total. The molecule has 0 saturated heterocycles. The number of rotatable bonds is 9. The Morgan fingerprint density at radius 1 is 1.15 bits per heavy atom. The van der Waals surface area contributed by atoms with Gasteiger partial charge in [0.1, 0.15) is 18.2 Å². The number of nitrogens with one attached hydrogen (secondary N) is 2. The van der Waals surface area contributed by atoms with Gasteiger partial charge in [-0.15, -0.1) is 0 Å². The minimum atomic E-state index is -0.258. The number of amides is 1. The van der Waals surface area contributed by atoms with E-state index in [0.717, 1.165) is 22.5 Å². The number of nitrogens with zero attached hydrogens (tertiary/aromatic N) is 2. The van der Waals surface area contributed by atoms with E-state index in [1.807, 2.05) is 51.1 Å². The van der Waals surface area contributed by atoms with E-state index in [2.05, 4.69) is 20.4 Å². The van der Waals surface area contributed by atoms with Crippen molar-refractivity contribution >= 4 is 5.91 Å². The number of imidazole rings is 1. The van der Waals surface area contributed by atoms with E-state index in [-0.39, 0.29) is 11.9 Å². The maximum absolute atomic E-state index is 13.0. The van der Waals surface area contributed by atoms with Crippen molar-refractivity contribution in [2.75, 3.05) is 7.11 Å². The molecule has 0 spiro atoms. The molecule has 2 aromatic heterocycles. The first-order valence-electron chi connectivity index (χ1n) is 11.1. The highest BCUT2D eigenvalue weighted by molar-refractivity contribution is 5.95. The lowest BCUT2D eigenvalue weighted by Gasteiger charge is -2.16. The molecule has 0 fully saturated rings. The zero-order chi connectivity index (χ0) is 24.1. The number of carbonyl (C=O) groups is 1. The molecule has 0 saturated carbocycles. The summed E-state index contributed by atoms with van der Waals surface area (Å²) in [5, 5.41) is 7.00. The number of ether oxygens (including phenoxy) is 2. The van der Waals surface area contributed by atoms with Crippen LogP contribution in [-0.4, -0.2) is 28.1 Å². The molecule has 0 radical (unpaired) electrons. The van der Waals surface area contributed by atoms with Crippen molar-refractivity contribution in [3.63, 3.8) is 0 Å². The highest BCUT2D eigenvalue weighted by atomic mass is 16.5. The van der Waals surface area contributed by atoms with Gasteiger partial charge in [0.2, 0.25) is 0 Å². The number of hydrogen-bond donors (Lipinski definition) is 2. The second-order valence-electron chi connectivity index (χ2n) is 7.94. The summed E-state index contributed by atoms with van der Waals surface area (Å²) in [6, 6.07) is 14.8. The monoisotopic (exact) mass is 460 g/mol. The number of carbonyl (C=O) groups excluding carboxylic acids is 1. The van der Waals surface area contributed by atoms with E-state index in [1.54, 1.807) is 31.5 Å². The summed E-state index contributed by atoms with van der Waals surface area (Å²) in [4.78, 5) is 20.8. The van der Waals surface area contributed by atoms with Crippen LogP contribution in [0.1, 0.15) is 52.6 Å². The minimum absolute atomic E-state index is 0.222. The Balaban J connectivity index is 1.46. The van der Waals surface area contributed by atoms with E-state index in [4.69, 9.17) is 14.0 Å². The Morgan fingerprint density at radius 3 is 2.62 bits per heavy atom. The zero-order valence-corrected chi connectivity index (χ0v) is 19.7. The van der Waals surface area contributed by atoms with Crippen LogP contribution in [0.4, 0.5) is 0 Å². The molecule has 2 heterocycles. The van der Waals surface area contributed by atoms with Crippen LogP contribution >= 0.6 is 0 Å². The summed E-state index contributed by atoms with van der Waals surface area (Å²) in [6.45, 7) is 6.01. The van der Waals surface area contributed by atoms with Crippen LogP contribution in [-0.2, 0) is 6.61 Å². The topological polar surface area (TPSA) is 102 Å². The van der Waals surface area contributed by atoms with Gasteiger partial charge in [-0.25, -0.2) is 4.98 Å². The van der Waals surface area contributed by atoms with Crippen LogP contribution in [0.2, 0.25) is 0 Å². The third-order valence-electron chi connectivity index (χ3n) is 5.70. The molecule has 0 aliphatic carbocycles.